The first-order valence-electron chi connectivity index (χ1n) is 6.30. The highest BCUT2D eigenvalue weighted by atomic mass is 35.5. The summed E-state index contributed by atoms with van der Waals surface area (Å²) in [5, 5.41) is 3.44. The number of piperidine rings is 1. The molecule has 3 rings (SSSR count). The van der Waals surface area contributed by atoms with E-state index in [0.29, 0.717) is 22.5 Å². The van der Waals surface area contributed by atoms with Gasteiger partial charge in [0.2, 0.25) is 0 Å². The molecule has 1 spiro atoms. The van der Waals surface area contributed by atoms with Gasteiger partial charge in [-0.1, -0.05) is 11.6 Å². The summed E-state index contributed by atoms with van der Waals surface area (Å²) >= 11 is 7.72. The maximum Gasteiger partial charge on any atom is 0.152 e. The number of hydrogen-bond donors (Lipinski definition) is 1. The standard InChI is InChI=1S/C13H16ClNO2S/c1-8-6-13(3-4-15-8)11-9(2-5-17-13)10(7-16)12(14)18-11/h7-8,15H,2-6H2,1H3. The summed E-state index contributed by atoms with van der Waals surface area (Å²) in [6, 6.07) is 0.435. The van der Waals surface area contributed by atoms with Gasteiger partial charge in [-0.15, -0.1) is 11.3 Å². The van der Waals surface area contributed by atoms with Crippen molar-refractivity contribution in [1.29, 1.82) is 0 Å². The van der Waals surface area contributed by atoms with Crippen LogP contribution in [0.2, 0.25) is 4.34 Å². The molecule has 3 nitrogen and oxygen atoms in total. The number of rotatable bonds is 1. The van der Waals surface area contributed by atoms with Gasteiger partial charge in [0.25, 0.3) is 0 Å². The van der Waals surface area contributed by atoms with Crippen molar-refractivity contribution in [1.82, 2.24) is 5.32 Å². The van der Waals surface area contributed by atoms with E-state index >= 15 is 0 Å². The second kappa shape index (κ2) is 4.60. The summed E-state index contributed by atoms with van der Waals surface area (Å²) in [6.07, 6.45) is 3.60. The quantitative estimate of drug-likeness (QED) is 0.807. The van der Waals surface area contributed by atoms with Gasteiger partial charge in [0.15, 0.2) is 6.29 Å². The number of halogens is 1. The number of ether oxygens (including phenoxy) is 1. The van der Waals surface area contributed by atoms with Crippen LogP contribution in [0.4, 0.5) is 0 Å². The summed E-state index contributed by atoms with van der Waals surface area (Å²) in [5.41, 5.74) is 1.60. The Kier molecular flexibility index (Phi) is 3.22. The normalized spacial score (nSPS) is 31.3. The number of hydrogen-bond acceptors (Lipinski definition) is 4. The third-order valence-electron chi connectivity index (χ3n) is 3.92. The third kappa shape index (κ3) is 1.83. The number of aldehydes is 1. The van der Waals surface area contributed by atoms with E-state index < -0.39 is 0 Å². The molecule has 2 aliphatic heterocycles. The molecule has 98 valence electrons. The molecule has 1 fully saturated rings. The Hall–Kier alpha value is -0.420. The Morgan fingerprint density at radius 3 is 3.17 bits per heavy atom. The highest BCUT2D eigenvalue weighted by Gasteiger charge is 2.43. The van der Waals surface area contributed by atoms with E-state index in [-0.39, 0.29) is 5.60 Å². The van der Waals surface area contributed by atoms with Gasteiger partial charge >= 0.3 is 0 Å². The molecule has 2 atom stereocenters. The Balaban J connectivity index is 2.09. The Morgan fingerprint density at radius 1 is 1.61 bits per heavy atom. The zero-order chi connectivity index (χ0) is 12.8. The van der Waals surface area contributed by atoms with Gasteiger partial charge in [0.1, 0.15) is 9.94 Å². The van der Waals surface area contributed by atoms with Gasteiger partial charge in [-0.3, -0.25) is 4.79 Å². The van der Waals surface area contributed by atoms with Crippen molar-refractivity contribution in [3.8, 4) is 0 Å². The molecule has 0 saturated carbocycles. The van der Waals surface area contributed by atoms with Gasteiger partial charge in [-0.2, -0.15) is 0 Å². The molecule has 1 N–H and O–H groups in total. The second-order valence-corrected chi connectivity index (χ2v) is 6.74. The SMILES string of the molecule is CC1CC2(CCN1)OCCc1c2sc(Cl)c1C=O. The Bertz CT molecular complexity index is 488. The number of carbonyl (C=O) groups excluding carboxylic acids is 1. The van der Waals surface area contributed by atoms with E-state index in [2.05, 4.69) is 12.2 Å². The average Bonchev–Trinajstić information content (AvgIpc) is 2.67. The first-order chi connectivity index (χ1) is 8.66. The lowest BCUT2D eigenvalue weighted by Crippen LogP contribution is -2.48. The molecular formula is C13H16ClNO2S. The Morgan fingerprint density at radius 2 is 2.44 bits per heavy atom. The lowest BCUT2D eigenvalue weighted by atomic mass is 9.82. The van der Waals surface area contributed by atoms with Crippen LogP contribution in [0.15, 0.2) is 0 Å². The third-order valence-corrected chi connectivity index (χ3v) is 5.58. The fourth-order valence-electron chi connectivity index (χ4n) is 3.12. The van der Waals surface area contributed by atoms with Crippen molar-refractivity contribution < 1.29 is 9.53 Å². The van der Waals surface area contributed by atoms with Crippen molar-refractivity contribution in [2.24, 2.45) is 0 Å². The molecule has 3 heterocycles. The van der Waals surface area contributed by atoms with Crippen LogP contribution in [0.25, 0.3) is 0 Å². The minimum atomic E-state index is -0.214. The van der Waals surface area contributed by atoms with E-state index in [0.717, 1.165) is 37.7 Å². The molecule has 1 aromatic heterocycles. The number of thiophene rings is 1. The van der Waals surface area contributed by atoms with Gasteiger partial charge < -0.3 is 10.1 Å². The van der Waals surface area contributed by atoms with Crippen LogP contribution in [-0.4, -0.2) is 25.5 Å². The first kappa shape index (κ1) is 12.6. The van der Waals surface area contributed by atoms with Gasteiger partial charge in [0.05, 0.1) is 6.61 Å². The van der Waals surface area contributed by atoms with Crippen LogP contribution in [-0.2, 0) is 16.8 Å². The second-order valence-electron chi connectivity index (χ2n) is 5.12. The van der Waals surface area contributed by atoms with Crippen LogP contribution >= 0.6 is 22.9 Å². The minimum Gasteiger partial charge on any atom is -0.369 e. The molecule has 0 bridgehead atoms. The zero-order valence-corrected chi connectivity index (χ0v) is 11.9. The molecule has 0 radical (unpaired) electrons. The van der Waals surface area contributed by atoms with Crippen LogP contribution in [0, 0.1) is 0 Å². The summed E-state index contributed by atoms with van der Waals surface area (Å²) < 4.78 is 6.73. The van der Waals surface area contributed by atoms with Crippen LogP contribution in [0.1, 0.15) is 40.6 Å². The lowest BCUT2D eigenvalue weighted by Gasteiger charge is -2.42. The molecule has 2 unspecified atom stereocenters. The van der Waals surface area contributed by atoms with Crippen molar-refractivity contribution >= 4 is 29.2 Å². The highest BCUT2D eigenvalue weighted by molar-refractivity contribution is 7.17. The molecule has 0 aromatic carbocycles. The molecular weight excluding hydrogens is 270 g/mol. The molecule has 0 amide bonds. The van der Waals surface area contributed by atoms with E-state index in [4.69, 9.17) is 16.3 Å². The number of fused-ring (bicyclic) bond motifs is 2. The zero-order valence-electron chi connectivity index (χ0n) is 10.3. The molecule has 2 aliphatic rings. The fourth-order valence-corrected chi connectivity index (χ4v) is 4.74. The molecule has 5 heteroatoms. The van der Waals surface area contributed by atoms with E-state index in [1.54, 1.807) is 0 Å². The Labute approximate surface area is 115 Å². The number of carbonyl (C=O) groups is 1. The van der Waals surface area contributed by atoms with E-state index in [1.165, 1.54) is 16.2 Å². The maximum absolute atomic E-state index is 11.2. The molecule has 18 heavy (non-hydrogen) atoms. The smallest absolute Gasteiger partial charge is 0.152 e. The summed E-state index contributed by atoms with van der Waals surface area (Å²) in [4.78, 5) is 12.4. The highest BCUT2D eigenvalue weighted by Crippen LogP contribution is 2.48. The van der Waals surface area contributed by atoms with E-state index in [9.17, 15) is 4.79 Å². The van der Waals surface area contributed by atoms with Gasteiger partial charge in [-0.25, -0.2) is 0 Å². The maximum atomic E-state index is 11.2. The largest absolute Gasteiger partial charge is 0.369 e. The molecule has 1 saturated heterocycles. The summed E-state index contributed by atoms with van der Waals surface area (Å²) in [6.45, 7) is 3.81. The molecule has 1 aromatic rings. The number of nitrogens with one attached hydrogen (secondary N) is 1. The predicted octanol–water partition coefficient (Wildman–Crippen LogP) is 2.75. The van der Waals surface area contributed by atoms with Crippen molar-refractivity contribution in [2.75, 3.05) is 13.2 Å². The molecule has 0 aliphatic carbocycles. The van der Waals surface area contributed by atoms with Crippen molar-refractivity contribution in [3.63, 3.8) is 0 Å². The minimum absolute atomic E-state index is 0.214. The van der Waals surface area contributed by atoms with Crippen molar-refractivity contribution in [3.05, 3.63) is 20.3 Å². The summed E-state index contributed by atoms with van der Waals surface area (Å²) in [7, 11) is 0. The lowest BCUT2D eigenvalue weighted by molar-refractivity contribution is -0.0849. The summed E-state index contributed by atoms with van der Waals surface area (Å²) in [5.74, 6) is 0. The van der Waals surface area contributed by atoms with Crippen molar-refractivity contribution in [2.45, 2.75) is 37.8 Å². The monoisotopic (exact) mass is 285 g/mol. The van der Waals surface area contributed by atoms with Crippen LogP contribution in [0.5, 0.6) is 0 Å². The van der Waals surface area contributed by atoms with Crippen LogP contribution in [0.3, 0.4) is 0 Å². The average molecular weight is 286 g/mol. The van der Waals surface area contributed by atoms with E-state index in [1.807, 2.05) is 0 Å². The fraction of sp³-hybridized carbons (Fsp3) is 0.615. The topological polar surface area (TPSA) is 38.3 Å². The predicted molar refractivity (Wildman–Crippen MR) is 72.7 cm³/mol. The van der Waals surface area contributed by atoms with Gasteiger partial charge in [-0.05, 0) is 38.3 Å². The van der Waals surface area contributed by atoms with Gasteiger partial charge in [0, 0.05) is 16.5 Å². The first-order valence-corrected chi connectivity index (χ1v) is 7.50. The van der Waals surface area contributed by atoms with Crippen LogP contribution < -0.4 is 5.32 Å².